The third kappa shape index (κ3) is 4.64. The molecule has 2 aromatic carbocycles. The van der Waals surface area contributed by atoms with E-state index in [1.807, 2.05) is 65.2 Å². The third-order valence-electron chi connectivity index (χ3n) is 4.01. The predicted molar refractivity (Wildman–Crippen MR) is 115 cm³/mol. The molecule has 0 spiro atoms. The lowest BCUT2D eigenvalue weighted by molar-refractivity contribution is -0.113. The number of thioether (sulfide) groups is 1. The Bertz CT molecular complexity index is 1100. The van der Waals surface area contributed by atoms with E-state index in [-0.39, 0.29) is 11.7 Å². The van der Waals surface area contributed by atoms with Gasteiger partial charge >= 0.3 is 0 Å². The van der Waals surface area contributed by atoms with Gasteiger partial charge < -0.3 is 5.32 Å². The Morgan fingerprint density at radius 1 is 0.966 bits per heavy atom. The van der Waals surface area contributed by atoms with E-state index >= 15 is 0 Å². The Labute approximate surface area is 177 Å². The number of carbonyl (C=O) groups excluding carboxylic acids is 1. The number of anilines is 1. The van der Waals surface area contributed by atoms with Crippen LogP contribution < -0.4 is 5.32 Å². The van der Waals surface area contributed by atoms with Crippen LogP contribution in [0.3, 0.4) is 0 Å². The highest BCUT2D eigenvalue weighted by molar-refractivity contribution is 7.99. The van der Waals surface area contributed by atoms with Gasteiger partial charge in [0.25, 0.3) is 0 Å². The van der Waals surface area contributed by atoms with Gasteiger partial charge in [-0.1, -0.05) is 71.9 Å². The number of halogens is 1. The summed E-state index contributed by atoms with van der Waals surface area (Å²) in [7, 11) is 0. The number of para-hydroxylation sites is 1. The lowest BCUT2D eigenvalue weighted by Gasteiger charge is -2.10. The maximum Gasteiger partial charge on any atom is 0.236 e. The Kier molecular flexibility index (Phi) is 5.88. The molecule has 29 heavy (non-hydrogen) atoms. The summed E-state index contributed by atoms with van der Waals surface area (Å²) in [5.74, 6) is 1.16. The first-order chi connectivity index (χ1) is 14.2. The van der Waals surface area contributed by atoms with E-state index in [4.69, 9.17) is 11.6 Å². The Hall–Kier alpha value is -3.16. The quantitative estimate of drug-likeness (QED) is 0.456. The molecule has 0 aliphatic heterocycles. The van der Waals surface area contributed by atoms with Crippen LogP contribution in [0.5, 0.6) is 0 Å². The van der Waals surface area contributed by atoms with Crippen LogP contribution >= 0.6 is 23.4 Å². The van der Waals surface area contributed by atoms with Gasteiger partial charge in [-0.2, -0.15) is 0 Å². The molecule has 1 amide bonds. The van der Waals surface area contributed by atoms with Gasteiger partial charge in [0.1, 0.15) is 5.82 Å². The normalized spacial score (nSPS) is 10.7. The molecule has 6 nitrogen and oxygen atoms in total. The van der Waals surface area contributed by atoms with Crippen LogP contribution in [0.25, 0.3) is 17.1 Å². The van der Waals surface area contributed by atoms with Crippen molar-refractivity contribution in [2.45, 2.75) is 5.16 Å². The van der Waals surface area contributed by atoms with E-state index in [1.165, 1.54) is 18.0 Å². The van der Waals surface area contributed by atoms with E-state index in [1.54, 1.807) is 12.1 Å². The standard InChI is InChI=1S/C21H16ClN5OS/c22-16-11-12-18(23-13-16)24-19(28)14-29-21-26-25-20(15-7-3-1-4-8-15)27(21)17-9-5-2-6-10-17/h1-13H,14H2,(H,23,24,28). The topological polar surface area (TPSA) is 72.7 Å². The van der Waals surface area contributed by atoms with Gasteiger partial charge in [0.05, 0.1) is 10.8 Å². The van der Waals surface area contributed by atoms with Crippen molar-refractivity contribution in [2.75, 3.05) is 11.1 Å². The number of amides is 1. The molecule has 144 valence electrons. The molecule has 0 aliphatic rings. The number of benzene rings is 2. The van der Waals surface area contributed by atoms with E-state index < -0.39 is 0 Å². The summed E-state index contributed by atoms with van der Waals surface area (Å²) in [6.07, 6.45) is 1.49. The summed E-state index contributed by atoms with van der Waals surface area (Å²) in [6, 6.07) is 23.0. The predicted octanol–water partition coefficient (Wildman–Crippen LogP) is 4.71. The first kappa shape index (κ1) is 19.2. The molecular weight excluding hydrogens is 406 g/mol. The van der Waals surface area contributed by atoms with Crippen molar-refractivity contribution in [3.63, 3.8) is 0 Å². The summed E-state index contributed by atoms with van der Waals surface area (Å²) in [5.41, 5.74) is 1.88. The van der Waals surface area contributed by atoms with Gasteiger partial charge in [-0.3, -0.25) is 9.36 Å². The molecule has 4 aromatic rings. The smallest absolute Gasteiger partial charge is 0.236 e. The number of hydrogen-bond acceptors (Lipinski definition) is 5. The lowest BCUT2D eigenvalue weighted by Crippen LogP contribution is -2.15. The van der Waals surface area contributed by atoms with Crippen LogP contribution in [0.2, 0.25) is 5.02 Å². The van der Waals surface area contributed by atoms with Crippen molar-refractivity contribution >= 4 is 35.1 Å². The molecule has 2 heterocycles. The van der Waals surface area contributed by atoms with Gasteiger partial charge in [-0.25, -0.2) is 4.98 Å². The minimum absolute atomic E-state index is 0.171. The lowest BCUT2D eigenvalue weighted by atomic mass is 10.2. The van der Waals surface area contributed by atoms with E-state index in [9.17, 15) is 4.79 Å². The molecule has 4 rings (SSSR count). The minimum Gasteiger partial charge on any atom is -0.310 e. The maximum atomic E-state index is 12.3. The zero-order valence-corrected chi connectivity index (χ0v) is 16.8. The number of carbonyl (C=O) groups is 1. The molecule has 0 atom stereocenters. The first-order valence-electron chi connectivity index (χ1n) is 8.81. The monoisotopic (exact) mass is 421 g/mol. The van der Waals surface area contributed by atoms with E-state index in [0.717, 1.165) is 17.1 Å². The summed E-state index contributed by atoms with van der Waals surface area (Å²) < 4.78 is 1.95. The number of nitrogens with one attached hydrogen (secondary N) is 1. The largest absolute Gasteiger partial charge is 0.310 e. The highest BCUT2D eigenvalue weighted by atomic mass is 35.5. The van der Waals surface area contributed by atoms with Crippen LogP contribution in [0.1, 0.15) is 0 Å². The van der Waals surface area contributed by atoms with Gasteiger partial charge in [0.15, 0.2) is 11.0 Å². The zero-order chi connectivity index (χ0) is 20.1. The molecule has 0 unspecified atom stereocenters. The second-order valence-electron chi connectivity index (χ2n) is 6.04. The van der Waals surface area contributed by atoms with Gasteiger partial charge in [0, 0.05) is 17.4 Å². The average Bonchev–Trinajstić information content (AvgIpc) is 3.19. The fourth-order valence-electron chi connectivity index (χ4n) is 2.71. The highest BCUT2D eigenvalue weighted by Crippen LogP contribution is 2.27. The number of hydrogen-bond donors (Lipinski definition) is 1. The zero-order valence-electron chi connectivity index (χ0n) is 15.2. The molecule has 0 bridgehead atoms. The van der Waals surface area contributed by atoms with Crippen molar-refractivity contribution in [3.05, 3.63) is 84.0 Å². The third-order valence-corrected chi connectivity index (χ3v) is 5.16. The second-order valence-corrected chi connectivity index (χ2v) is 7.42. The molecule has 0 saturated heterocycles. The van der Waals surface area contributed by atoms with E-state index in [2.05, 4.69) is 20.5 Å². The number of rotatable bonds is 6. The second kappa shape index (κ2) is 8.89. The van der Waals surface area contributed by atoms with Gasteiger partial charge in [-0.05, 0) is 24.3 Å². The number of nitrogens with zero attached hydrogens (tertiary/aromatic N) is 4. The van der Waals surface area contributed by atoms with Crippen molar-refractivity contribution in [1.82, 2.24) is 19.7 Å². The Morgan fingerprint density at radius 3 is 2.38 bits per heavy atom. The summed E-state index contributed by atoms with van der Waals surface area (Å²) >= 11 is 7.13. The molecule has 2 aromatic heterocycles. The summed E-state index contributed by atoms with van der Waals surface area (Å²) in [6.45, 7) is 0. The SMILES string of the molecule is O=C(CSc1nnc(-c2ccccc2)n1-c1ccccc1)Nc1ccc(Cl)cn1. The van der Waals surface area contributed by atoms with Gasteiger partial charge in [0.2, 0.25) is 5.91 Å². The van der Waals surface area contributed by atoms with Crippen molar-refractivity contribution in [3.8, 4) is 17.1 Å². The molecule has 8 heteroatoms. The fraction of sp³-hybridized carbons (Fsp3) is 0.0476. The first-order valence-corrected chi connectivity index (χ1v) is 10.2. The van der Waals surface area contributed by atoms with E-state index in [0.29, 0.717) is 16.0 Å². The summed E-state index contributed by atoms with van der Waals surface area (Å²) in [5, 5.41) is 12.6. The Morgan fingerprint density at radius 2 is 1.69 bits per heavy atom. The highest BCUT2D eigenvalue weighted by Gasteiger charge is 2.17. The van der Waals surface area contributed by atoms with Gasteiger partial charge in [-0.15, -0.1) is 10.2 Å². The van der Waals surface area contributed by atoms with Crippen LogP contribution in [0.15, 0.2) is 84.1 Å². The van der Waals surface area contributed by atoms with Crippen LogP contribution in [0.4, 0.5) is 5.82 Å². The van der Waals surface area contributed by atoms with Crippen molar-refractivity contribution in [2.24, 2.45) is 0 Å². The Balaban J connectivity index is 1.56. The van der Waals surface area contributed by atoms with Crippen LogP contribution in [-0.4, -0.2) is 31.4 Å². The minimum atomic E-state index is -0.186. The number of pyridine rings is 1. The molecule has 1 N–H and O–H groups in total. The van der Waals surface area contributed by atoms with Crippen LogP contribution in [0, 0.1) is 0 Å². The summed E-state index contributed by atoms with van der Waals surface area (Å²) in [4.78, 5) is 16.4. The van der Waals surface area contributed by atoms with Crippen LogP contribution in [-0.2, 0) is 4.79 Å². The molecule has 0 radical (unpaired) electrons. The molecular formula is C21H16ClN5OS. The number of aromatic nitrogens is 4. The maximum absolute atomic E-state index is 12.3. The molecule has 0 aliphatic carbocycles. The van der Waals surface area contributed by atoms with Crippen molar-refractivity contribution in [1.29, 1.82) is 0 Å². The average molecular weight is 422 g/mol. The molecule has 0 fully saturated rings. The molecule has 0 saturated carbocycles. The van der Waals surface area contributed by atoms with Crippen molar-refractivity contribution < 1.29 is 4.79 Å². The fourth-order valence-corrected chi connectivity index (χ4v) is 3.57.